The molecule has 3 aliphatic heterocycles. The highest BCUT2D eigenvalue weighted by molar-refractivity contribution is 5.76. The van der Waals surface area contributed by atoms with Crippen molar-refractivity contribution < 1.29 is 89.4 Å². The van der Waals surface area contributed by atoms with Crippen LogP contribution in [0.1, 0.15) is 194 Å². The number of aliphatic hydroxyl groups excluding tert-OH is 11. The molecule has 0 radical (unpaired) electrons. The minimum Gasteiger partial charge on any atom is -0.394 e. The molecule has 19 heteroatoms. The normalized spacial score (nSPS) is 31.3. The maximum atomic E-state index is 12.6. The summed E-state index contributed by atoms with van der Waals surface area (Å²) in [6.45, 7) is 1.31. The number of nitrogens with one attached hydrogen (secondary N) is 1. The van der Waals surface area contributed by atoms with E-state index in [0.717, 1.165) is 19.3 Å². The number of unbranched alkanes of at least 4 members (excludes halogenated alkanes) is 24. The van der Waals surface area contributed by atoms with Crippen molar-refractivity contribution in [1.82, 2.24) is 5.32 Å². The molecule has 17 unspecified atom stereocenters. The average Bonchev–Trinajstić information content (AvgIpc) is 3.40. The SMILES string of the molecule is CCCCCCCCCCCCCCCCCCCCCCCCC/C=C/CC/C=C/C(O)C(COC1OC(CO)C(OC2OC(CO)C(OC3OC(CO)C(O)C(O)C3O)C(O)C2O)C(O)C1O)NC(=O)CCC. The molecule has 0 spiro atoms. The minimum atomic E-state index is -1.98. The second-order valence-corrected chi connectivity index (χ2v) is 21.1. The second kappa shape index (κ2) is 40.4. The Balaban J connectivity index is 1.31. The quantitative estimate of drug-likeness (QED) is 0.0298. The van der Waals surface area contributed by atoms with Gasteiger partial charge in [0.1, 0.15) is 73.2 Å². The van der Waals surface area contributed by atoms with E-state index in [-0.39, 0.29) is 18.9 Å². The predicted octanol–water partition coefficient (Wildman–Crippen LogP) is 4.37. The van der Waals surface area contributed by atoms with Crippen LogP contribution in [0.4, 0.5) is 0 Å². The third-order valence-electron chi connectivity index (χ3n) is 14.7. The number of ether oxygens (including phenoxy) is 6. The Hall–Kier alpha value is -1.73. The van der Waals surface area contributed by atoms with Crippen LogP contribution in [-0.4, -0.2) is 193 Å². The van der Waals surface area contributed by atoms with Crippen LogP contribution in [0.2, 0.25) is 0 Å². The summed E-state index contributed by atoms with van der Waals surface area (Å²) in [7, 11) is 0. The van der Waals surface area contributed by atoms with Gasteiger partial charge in [0.25, 0.3) is 0 Å². The molecule has 0 aromatic carbocycles. The lowest BCUT2D eigenvalue weighted by atomic mass is 9.96. The predicted molar refractivity (Wildman–Crippen MR) is 282 cm³/mol. The average molecular weight is 1080 g/mol. The van der Waals surface area contributed by atoms with Crippen molar-refractivity contribution >= 4 is 5.91 Å². The van der Waals surface area contributed by atoms with Crippen molar-refractivity contribution in [2.75, 3.05) is 26.4 Å². The van der Waals surface area contributed by atoms with Gasteiger partial charge >= 0.3 is 0 Å². The lowest BCUT2D eigenvalue weighted by Crippen LogP contribution is -2.66. The fourth-order valence-corrected chi connectivity index (χ4v) is 9.96. The van der Waals surface area contributed by atoms with Gasteiger partial charge < -0.3 is 89.9 Å². The highest BCUT2D eigenvalue weighted by atomic mass is 16.8. The summed E-state index contributed by atoms with van der Waals surface area (Å²) >= 11 is 0. The van der Waals surface area contributed by atoms with Crippen molar-refractivity contribution in [2.24, 2.45) is 0 Å². The summed E-state index contributed by atoms with van der Waals surface area (Å²) in [6, 6.07) is -0.982. The van der Waals surface area contributed by atoms with Crippen LogP contribution in [0.3, 0.4) is 0 Å². The number of amides is 1. The third-order valence-corrected chi connectivity index (χ3v) is 14.7. The van der Waals surface area contributed by atoms with Crippen LogP contribution in [-0.2, 0) is 33.2 Å². The monoisotopic (exact) mass is 1080 g/mol. The Morgan fingerprint density at radius 3 is 1.31 bits per heavy atom. The fraction of sp³-hybridized carbons (Fsp3) is 0.911. The fourth-order valence-electron chi connectivity index (χ4n) is 9.96. The van der Waals surface area contributed by atoms with E-state index in [1.165, 1.54) is 141 Å². The highest BCUT2D eigenvalue weighted by Gasteiger charge is 2.53. The summed E-state index contributed by atoms with van der Waals surface area (Å²) in [6.07, 6.45) is 15.6. The van der Waals surface area contributed by atoms with Gasteiger partial charge in [-0.05, 0) is 32.1 Å². The molecular weight excluding hydrogens is 975 g/mol. The summed E-state index contributed by atoms with van der Waals surface area (Å²) in [5.41, 5.74) is 0. The van der Waals surface area contributed by atoms with Crippen LogP contribution >= 0.6 is 0 Å². The smallest absolute Gasteiger partial charge is 0.220 e. The topological polar surface area (TPSA) is 307 Å². The molecule has 12 N–H and O–H groups in total. The molecule has 3 fully saturated rings. The lowest BCUT2D eigenvalue weighted by Gasteiger charge is -2.48. The second-order valence-electron chi connectivity index (χ2n) is 21.1. The number of carbonyl (C=O) groups is 1. The van der Waals surface area contributed by atoms with Crippen LogP contribution in [0, 0.1) is 0 Å². The molecule has 17 atom stereocenters. The zero-order chi connectivity index (χ0) is 54.8. The van der Waals surface area contributed by atoms with Gasteiger partial charge in [0.15, 0.2) is 18.9 Å². The number of rotatable bonds is 42. The number of carbonyl (C=O) groups excluding carboxylic acids is 1. The van der Waals surface area contributed by atoms with E-state index in [0.29, 0.717) is 12.8 Å². The van der Waals surface area contributed by atoms with E-state index in [1.807, 2.05) is 13.0 Å². The summed E-state index contributed by atoms with van der Waals surface area (Å²) < 4.78 is 33.8. The number of aliphatic hydroxyl groups is 11. The molecule has 3 aliphatic rings. The molecule has 440 valence electrons. The van der Waals surface area contributed by atoms with Crippen molar-refractivity contribution in [3.8, 4) is 0 Å². The summed E-state index contributed by atoms with van der Waals surface area (Å²) in [5, 5.41) is 119. The maximum Gasteiger partial charge on any atom is 0.220 e. The molecule has 0 aromatic heterocycles. The lowest BCUT2D eigenvalue weighted by molar-refractivity contribution is -0.379. The first kappa shape index (κ1) is 67.5. The highest BCUT2D eigenvalue weighted by Crippen LogP contribution is 2.33. The van der Waals surface area contributed by atoms with Gasteiger partial charge in [-0.2, -0.15) is 0 Å². The number of hydrogen-bond acceptors (Lipinski definition) is 18. The van der Waals surface area contributed by atoms with Crippen LogP contribution < -0.4 is 5.32 Å². The van der Waals surface area contributed by atoms with Crippen molar-refractivity contribution in [3.05, 3.63) is 24.3 Å². The summed E-state index contributed by atoms with van der Waals surface area (Å²) in [5.74, 6) is -0.339. The minimum absolute atomic E-state index is 0.186. The van der Waals surface area contributed by atoms with Gasteiger partial charge in [-0.3, -0.25) is 4.79 Å². The molecular formula is C56H103NO18. The van der Waals surface area contributed by atoms with Crippen molar-refractivity contribution in [1.29, 1.82) is 0 Å². The van der Waals surface area contributed by atoms with Gasteiger partial charge in [-0.1, -0.05) is 179 Å². The van der Waals surface area contributed by atoms with Gasteiger partial charge in [-0.25, -0.2) is 0 Å². The first-order valence-electron chi connectivity index (χ1n) is 29.1. The molecule has 1 amide bonds. The number of allylic oxidation sites excluding steroid dienone is 3. The third kappa shape index (κ3) is 25.1. The Morgan fingerprint density at radius 1 is 0.467 bits per heavy atom. The maximum absolute atomic E-state index is 12.6. The zero-order valence-electron chi connectivity index (χ0n) is 45.5. The first-order valence-corrected chi connectivity index (χ1v) is 29.1. The van der Waals surface area contributed by atoms with Crippen molar-refractivity contribution in [3.63, 3.8) is 0 Å². The van der Waals surface area contributed by atoms with Gasteiger partial charge in [-0.15, -0.1) is 0 Å². The van der Waals surface area contributed by atoms with E-state index < -0.39 is 124 Å². The molecule has 3 rings (SSSR count). The zero-order valence-corrected chi connectivity index (χ0v) is 45.5. The molecule has 3 heterocycles. The van der Waals surface area contributed by atoms with E-state index in [4.69, 9.17) is 28.4 Å². The standard InChI is InChI=1S/C56H103NO18/c1-3-5-6-7-8-9-10-11-12-13-14-15-16-17-18-19-20-21-22-23-24-25-26-27-28-29-30-31-32-34-40(61)39(57-44(62)33-4-2)38-70-54-50(68)47(65)52(42(36-59)72-54)75-56-51(69)48(66)53(43(37-60)73-56)74-55-49(67)46(64)45(63)41(35-58)71-55/h28-29,32,34,39-43,45-56,58-61,63-69H,3-27,30-31,33,35-38H2,1-2H3,(H,57,62)/b29-28+,34-32+. The van der Waals surface area contributed by atoms with Gasteiger partial charge in [0, 0.05) is 6.42 Å². The molecule has 0 aromatic rings. The Morgan fingerprint density at radius 2 is 0.853 bits per heavy atom. The Bertz CT molecular complexity index is 1480. The van der Waals surface area contributed by atoms with Crippen LogP contribution in [0.25, 0.3) is 0 Å². The Labute approximate surface area is 448 Å². The van der Waals surface area contributed by atoms with Crippen molar-refractivity contribution in [2.45, 2.75) is 298 Å². The Kier molecular flexibility index (Phi) is 36.4. The van der Waals surface area contributed by atoms with Crippen LogP contribution in [0.15, 0.2) is 24.3 Å². The number of hydrogen-bond donors (Lipinski definition) is 12. The van der Waals surface area contributed by atoms with E-state index in [1.54, 1.807) is 6.08 Å². The first-order chi connectivity index (χ1) is 36.3. The van der Waals surface area contributed by atoms with E-state index in [2.05, 4.69) is 24.4 Å². The molecule has 19 nitrogen and oxygen atoms in total. The van der Waals surface area contributed by atoms with Gasteiger partial charge in [0.2, 0.25) is 5.91 Å². The van der Waals surface area contributed by atoms with E-state index in [9.17, 15) is 61.0 Å². The van der Waals surface area contributed by atoms with Gasteiger partial charge in [0.05, 0.1) is 38.6 Å². The van der Waals surface area contributed by atoms with E-state index >= 15 is 0 Å². The van der Waals surface area contributed by atoms with Crippen LogP contribution in [0.5, 0.6) is 0 Å². The molecule has 75 heavy (non-hydrogen) atoms. The molecule has 3 saturated heterocycles. The summed E-state index contributed by atoms with van der Waals surface area (Å²) in [4.78, 5) is 12.6. The largest absolute Gasteiger partial charge is 0.394 e. The molecule has 0 aliphatic carbocycles. The molecule has 0 bridgehead atoms. The molecule has 0 saturated carbocycles.